The molecule has 0 bridgehead atoms. The Hall–Kier alpha value is -1.35. The lowest BCUT2D eigenvalue weighted by atomic mass is 9.98. The van der Waals surface area contributed by atoms with Gasteiger partial charge in [0.2, 0.25) is 10.0 Å². The molecule has 0 radical (unpaired) electrons. The summed E-state index contributed by atoms with van der Waals surface area (Å²) in [4.78, 5) is 4.64. The van der Waals surface area contributed by atoms with E-state index in [-0.39, 0.29) is 5.54 Å². The van der Waals surface area contributed by atoms with E-state index >= 15 is 0 Å². The van der Waals surface area contributed by atoms with E-state index in [0.29, 0.717) is 18.1 Å². The third-order valence-corrected chi connectivity index (χ3v) is 5.61. The van der Waals surface area contributed by atoms with Crippen LogP contribution in [0.5, 0.6) is 0 Å². The maximum absolute atomic E-state index is 11.2. The Balaban J connectivity index is 1.74. The quantitative estimate of drug-likeness (QED) is 0.818. The molecule has 0 spiro atoms. The molecule has 1 aliphatic heterocycles. The van der Waals surface area contributed by atoms with Crippen molar-refractivity contribution in [3.05, 3.63) is 23.4 Å². The molecule has 9 heteroatoms. The number of halogens is 1. The number of hydrogen-bond acceptors (Lipinski definition) is 5. The topological polar surface area (TPSA) is 81.3 Å². The number of piperazine rings is 1. The van der Waals surface area contributed by atoms with Crippen molar-refractivity contribution in [2.45, 2.75) is 19.4 Å². The van der Waals surface area contributed by atoms with E-state index in [1.807, 2.05) is 18.3 Å². The monoisotopic (exact) mass is 385 g/mol. The van der Waals surface area contributed by atoms with E-state index in [0.717, 1.165) is 36.2 Å². The second-order valence-electron chi connectivity index (χ2n) is 7.14. The van der Waals surface area contributed by atoms with Crippen LogP contribution in [0.4, 0.5) is 5.69 Å². The average molecular weight is 386 g/mol. The fraction of sp³-hybridized carbons (Fsp3) is 0.562. The van der Waals surface area contributed by atoms with E-state index in [1.165, 1.54) is 6.26 Å². The Kier molecular flexibility index (Phi) is 4.98. The predicted molar refractivity (Wildman–Crippen MR) is 102 cm³/mol. The minimum atomic E-state index is -3.15. The summed E-state index contributed by atoms with van der Waals surface area (Å²) in [5.41, 5.74) is 1.92. The number of nitrogens with zero attached hydrogens (tertiary/aromatic N) is 3. The van der Waals surface area contributed by atoms with Crippen LogP contribution in [-0.4, -0.2) is 68.0 Å². The van der Waals surface area contributed by atoms with E-state index < -0.39 is 10.0 Å². The van der Waals surface area contributed by atoms with Crippen molar-refractivity contribution in [3.8, 4) is 0 Å². The molecule has 1 saturated heterocycles. The number of H-pyrrole nitrogens is 1. The maximum Gasteiger partial charge on any atom is 0.208 e. The van der Waals surface area contributed by atoms with Gasteiger partial charge < -0.3 is 4.90 Å². The summed E-state index contributed by atoms with van der Waals surface area (Å²) in [7, 11) is -3.15. The second-order valence-corrected chi connectivity index (χ2v) is 9.41. The highest BCUT2D eigenvalue weighted by Gasteiger charge is 2.34. The zero-order chi connectivity index (χ0) is 18.2. The number of nitrogens with one attached hydrogen (secondary N) is 2. The average Bonchev–Trinajstić information content (AvgIpc) is 2.94. The minimum Gasteiger partial charge on any atom is -0.368 e. The van der Waals surface area contributed by atoms with Crippen LogP contribution >= 0.6 is 11.6 Å². The smallest absolute Gasteiger partial charge is 0.208 e. The zero-order valence-electron chi connectivity index (χ0n) is 14.7. The molecule has 1 aliphatic rings. The van der Waals surface area contributed by atoms with Gasteiger partial charge in [0.05, 0.1) is 18.0 Å². The van der Waals surface area contributed by atoms with Gasteiger partial charge in [-0.3, -0.25) is 10.00 Å². The van der Waals surface area contributed by atoms with Gasteiger partial charge in [0.25, 0.3) is 0 Å². The van der Waals surface area contributed by atoms with Crippen LogP contribution in [0.25, 0.3) is 10.9 Å². The molecule has 0 saturated carbocycles. The molecule has 0 atom stereocenters. The lowest BCUT2D eigenvalue weighted by molar-refractivity contribution is 0.107. The maximum atomic E-state index is 11.2. The predicted octanol–water partition coefficient (Wildman–Crippen LogP) is 1.67. The Morgan fingerprint density at radius 2 is 2.12 bits per heavy atom. The molecule has 2 heterocycles. The molecule has 1 aromatic heterocycles. The Bertz CT molecular complexity index is 865. The lowest BCUT2D eigenvalue weighted by Gasteiger charge is -2.48. The number of rotatable bonds is 5. The van der Waals surface area contributed by atoms with Gasteiger partial charge >= 0.3 is 0 Å². The van der Waals surface area contributed by atoms with Crippen molar-refractivity contribution in [2.24, 2.45) is 0 Å². The zero-order valence-corrected chi connectivity index (χ0v) is 16.3. The summed E-state index contributed by atoms with van der Waals surface area (Å²) in [6.45, 7) is 7.99. The molecule has 0 aliphatic carbocycles. The SMILES string of the molecule is CC1(C)CN(c2cc(Cl)cc3[nH]ncc23)CCN1CCNS(C)(=O)=O. The number of anilines is 1. The highest BCUT2D eigenvalue weighted by atomic mass is 35.5. The van der Waals surface area contributed by atoms with Gasteiger partial charge in [-0.1, -0.05) is 11.6 Å². The Morgan fingerprint density at radius 3 is 2.80 bits per heavy atom. The Labute approximate surface area is 153 Å². The molecular formula is C16H24ClN5O2S. The van der Waals surface area contributed by atoms with Crippen molar-refractivity contribution in [2.75, 3.05) is 43.9 Å². The first-order valence-electron chi connectivity index (χ1n) is 8.23. The molecule has 7 nitrogen and oxygen atoms in total. The van der Waals surface area contributed by atoms with Gasteiger partial charge in [0.1, 0.15) is 0 Å². The van der Waals surface area contributed by atoms with Crippen LogP contribution in [0.3, 0.4) is 0 Å². The van der Waals surface area contributed by atoms with Gasteiger partial charge in [-0.2, -0.15) is 5.10 Å². The van der Waals surface area contributed by atoms with Gasteiger partial charge in [-0.05, 0) is 26.0 Å². The molecule has 3 rings (SSSR count). The number of fused-ring (bicyclic) bond motifs is 1. The fourth-order valence-corrected chi connectivity index (χ4v) is 4.11. The van der Waals surface area contributed by atoms with E-state index in [1.54, 1.807) is 0 Å². The van der Waals surface area contributed by atoms with Crippen molar-refractivity contribution in [1.82, 2.24) is 19.8 Å². The largest absolute Gasteiger partial charge is 0.368 e. The summed E-state index contributed by atoms with van der Waals surface area (Å²) in [5.74, 6) is 0. The number of sulfonamides is 1. The lowest BCUT2D eigenvalue weighted by Crippen LogP contribution is -2.60. The summed E-state index contributed by atoms with van der Waals surface area (Å²) < 4.78 is 25.1. The summed E-state index contributed by atoms with van der Waals surface area (Å²) in [6.07, 6.45) is 3.02. The van der Waals surface area contributed by atoms with Crippen LogP contribution in [-0.2, 0) is 10.0 Å². The van der Waals surface area contributed by atoms with Crippen LogP contribution < -0.4 is 9.62 Å². The molecule has 138 valence electrons. The minimum absolute atomic E-state index is 0.0875. The van der Waals surface area contributed by atoms with Crippen LogP contribution in [0.2, 0.25) is 5.02 Å². The first kappa shape index (κ1) is 18.4. The highest BCUT2D eigenvalue weighted by Crippen LogP contribution is 2.33. The third-order valence-electron chi connectivity index (χ3n) is 4.66. The van der Waals surface area contributed by atoms with Gasteiger partial charge in [0, 0.05) is 54.4 Å². The van der Waals surface area contributed by atoms with Crippen LogP contribution in [0, 0.1) is 0 Å². The standard InChI is InChI=1S/C16H24ClN5O2S/c1-16(2)11-21(6-7-22(16)5-4-19-25(3,23)24)15-9-12(17)8-14-13(15)10-18-20-14/h8-10,19H,4-7,11H2,1-3H3,(H,18,20). The molecule has 0 amide bonds. The number of benzene rings is 1. The highest BCUT2D eigenvalue weighted by molar-refractivity contribution is 7.88. The van der Waals surface area contributed by atoms with E-state index in [2.05, 4.69) is 38.6 Å². The van der Waals surface area contributed by atoms with Crippen LogP contribution in [0.15, 0.2) is 18.3 Å². The third kappa shape index (κ3) is 4.25. The van der Waals surface area contributed by atoms with Crippen molar-refractivity contribution >= 4 is 38.2 Å². The fourth-order valence-electron chi connectivity index (χ4n) is 3.44. The first-order valence-corrected chi connectivity index (χ1v) is 10.5. The summed E-state index contributed by atoms with van der Waals surface area (Å²) in [6, 6.07) is 3.86. The number of hydrogen-bond donors (Lipinski definition) is 2. The van der Waals surface area contributed by atoms with Crippen molar-refractivity contribution < 1.29 is 8.42 Å². The first-order chi connectivity index (χ1) is 11.7. The van der Waals surface area contributed by atoms with Crippen LogP contribution in [0.1, 0.15) is 13.8 Å². The molecule has 1 fully saturated rings. The number of aromatic amines is 1. The van der Waals surface area contributed by atoms with Gasteiger partial charge in [0.15, 0.2) is 0 Å². The van der Waals surface area contributed by atoms with Crippen molar-refractivity contribution in [1.29, 1.82) is 0 Å². The normalized spacial score (nSPS) is 18.8. The summed E-state index contributed by atoms with van der Waals surface area (Å²) >= 11 is 6.26. The number of aromatic nitrogens is 2. The molecule has 25 heavy (non-hydrogen) atoms. The summed E-state index contributed by atoms with van der Waals surface area (Å²) in [5, 5.41) is 8.85. The van der Waals surface area contributed by atoms with Crippen molar-refractivity contribution in [3.63, 3.8) is 0 Å². The molecule has 2 aromatic rings. The molecule has 2 N–H and O–H groups in total. The molecular weight excluding hydrogens is 362 g/mol. The van der Waals surface area contributed by atoms with Gasteiger partial charge in [-0.25, -0.2) is 13.1 Å². The van der Waals surface area contributed by atoms with Gasteiger partial charge in [-0.15, -0.1) is 0 Å². The second kappa shape index (κ2) is 6.75. The molecule has 0 unspecified atom stereocenters. The molecule has 1 aromatic carbocycles. The Morgan fingerprint density at radius 1 is 1.36 bits per heavy atom. The van der Waals surface area contributed by atoms with E-state index in [9.17, 15) is 8.42 Å². The van der Waals surface area contributed by atoms with E-state index in [4.69, 9.17) is 11.6 Å².